The average Bonchev–Trinajstić information content (AvgIpc) is 2.92. The van der Waals surface area contributed by atoms with Crippen molar-refractivity contribution in [3.8, 4) is 0 Å². The third kappa shape index (κ3) is 9.91. The zero-order valence-corrected chi connectivity index (χ0v) is 18.0. The van der Waals surface area contributed by atoms with E-state index in [9.17, 15) is 26.4 Å². The second kappa shape index (κ2) is 12.2. The molecule has 0 saturated carbocycles. The Labute approximate surface area is 165 Å². The van der Waals surface area contributed by atoms with E-state index in [4.69, 9.17) is 0 Å². The number of hydrogen-bond donors (Lipinski definition) is 2. The molecule has 0 atom stereocenters. The molecule has 0 bridgehead atoms. The first-order valence-electron chi connectivity index (χ1n) is 7.15. The molecule has 2 saturated heterocycles. The van der Waals surface area contributed by atoms with Crippen LogP contribution in [0.25, 0.3) is 4.72 Å². The van der Waals surface area contributed by atoms with Gasteiger partial charge >= 0.3 is 39.8 Å². The number of unbranched alkanes of at least 4 members (excludes halogenated alkanes) is 1. The fraction of sp³-hybridized carbons (Fsp3) is 0.818. The molecule has 10 nitrogen and oxygen atoms in total. The second-order valence-corrected chi connectivity index (χ2v) is 7.67. The zero-order valence-electron chi connectivity index (χ0n) is 14.4. The SMILES string of the molecule is CCCC.CCCN1C(=O)CNS1(=O)=O.O=C1CNS(=O)(=O)[N-]1.[Na+]. The number of rotatable bonds is 3. The molecule has 0 aliphatic carbocycles. The standard InChI is InChI=1S/C5H10N2O3S.C4H10.C2H4N2O3S.Na/c1-2-3-7-5(8)4-6-11(7,9)10;1-3-4-2;5-2-1-3-8(6,7)4-2;/h6H,2-4H2,1H3;3-4H2,1-2H3;3H,1H2,(H,4,5);/q;;;+1/p-1. The summed E-state index contributed by atoms with van der Waals surface area (Å²) >= 11 is 0. The molecule has 136 valence electrons. The number of carbonyl (C=O) groups excluding carboxylic acids is 2. The maximum atomic E-state index is 11.0. The number of amides is 2. The Kier molecular flexibility index (Phi) is 13.2. The molecule has 2 heterocycles. The third-order valence-electron chi connectivity index (χ3n) is 2.53. The van der Waals surface area contributed by atoms with Crippen molar-refractivity contribution in [1.29, 1.82) is 0 Å². The van der Waals surface area contributed by atoms with Gasteiger partial charge in [-0.3, -0.25) is 4.79 Å². The van der Waals surface area contributed by atoms with Crippen molar-refractivity contribution in [3.05, 3.63) is 4.72 Å². The monoisotopic (exact) mass is 394 g/mol. The first-order valence-corrected chi connectivity index (χ1v) is 10.0. The van der Waals surface area contributed by atoms with E-state index in [1.165, 1.54) is 12.8 Å². The minimum Gasteiger partial charge on any atom is -0.532 e. The quantitative estimate of drug-likeness (QED) is 0.478. The van der Waals surface area contributed by atoms with Crippen molar-refractivity contribution in [2.75, 3.05) is 19.6 Å². The summed E-state index contributed by atoms with van der Waals surface area (Å²) in [5.41, 5.74) is 0. The van der Waals surface area contributed by atoms with Crippen molar-refractivity contribution >= 4 is 32.2 Å². The van der Waals surface area contributed by atoms with Gasteiger partial charge in [-0.1, -0.05) is 33.6 Å². The summed E-state index contributed by atoms with van der Waals surface area (Å²) in [5.74, 6) is -1.00. The maximum absolute atomic E-state index is 11.0. The normalized spacial score (nSPS) is 20.0. The molecular formula is C11H23N4NaO6S2. The Morgan fingerprint density at radius 1 is 0.958 bits per heavy atom. The molecule has 2 fully saturated rings. The van der Waals surface area contributed by atoms with Crippen LogP contribution in [0.2, 0.25) is 0 Å². The van der Waals surface area contributed by atoms with Crippen molar-refractivity contribution < 1.29 is 56.0 Å². The summed E-state index contributed by atoms with van der Waals surface area (Å²) in [6.45, 7) is 6.17. The molecule has 24 heavy (non-hydrogen) atoms. The van der Waals surface area contributed by atoms with Crippen LogP contribution in [-0.2, 0) is 30.0 Å². The van der Waals surface area contributed by atoms with Crippen molar-refractivity contribution in [2.45, 2.75) is 40.0 Å². The number of hydrogen-bond acceptors (Lipinski definition) is 6. The van der Waals surface area contributed by atoms with Crippen LogP contribution in [0, 0.1) is 0 Å². The Bertz CT molecular complexity index is 606. The van der Waals surface area contributed by atoms with Crippen LogP contribution in [0.15, 0.2) is 0 Å². The first kappa shape index (κ1) is 26.0. The summed E-state index contributed by atoms with van der Waals surface area (Å²) in [6.07, 6.45) is 3.28. The summed E-state index contributed by atoms with van der Waals surface area (Å²) < 4.78 is 49.8. The topological polar surface area (TPSA) is 144 Å². The van der Waals surface area contributed by atoms with Crippen LogP contribution in [0.4, 0.5) is 0 Å². The van der Waals surface area contributed by atoms with Crippen molar-refractivity contribution in [2.24, 2.45) is 0 Å². The Balaban J connectivity index is 0. The van der Waals surface area contributed by atoms with E-state index in [1.807, 2.05) is 11.6 Å². The largest absolute Gasteiger partial charge is 1.00 e. The molecule has 13 heteroatoms. The van der Waals surface area contributed by atoms with Gasteiger partial charge < -0.3 is 9.52 Å². The minimum atomic E-state index is -3.57. The van der Waals surface area contributed by atoms with Crippen LogP contribution >= 0.6 is 0 Å². The molecule has 2 aliphatic heterocycles. The minimum absolute atomic E-state index is 0. The number of carbonyl (C=O) groups is 2. The molecule has 2 rings (SSSR count). The molecule has 0 aromatic rings. The van der Waals surface area contributed by atoms with Crippen LogP contribution in [0.1, 0.15) is 40.0 Å². The first-order chi connectivity index (χ1) is 10.6. The summed E-state index contributed by atoms with van der Waals surface area (Å²) in [7, 11) is -7.03. The Morgan fingerprint density at radius 2 is 1.50 bits per heavy atom. The number of nitrogens with one attached hydrogen (secondary N) is 2. The molecule has 0 radical (unpaired) electrons. The summed E-state index contributed by atoms with van der Waals surface area (Å²) in [4.78, 5) is 20.9. The van der Waals surface area contributed by atoms with E-state index in [0.717, 1.165) is 4.31 Å². The van der Waals surface area contributed by atoms with Gasteiger partial charge in [0, 0.05) is 6.54 Å². The van der Waals surface area contributed by atoms with Gasteiger partial charge in [0.1, 0.15) is 0 Å². The second-order valence-electron chi connectivity index (χ2n) is 4.57. The Hall–Kier alpha value is -0.240. The fourth-order valence-corrected chi connectivity index (χ4v) is 3.17. The summed E-state index contributed by atoms with van der Waals surface area (Å²) in [6, 6.07) is 0. The molecule has 0 aromatic carbocycles. The van der Waals surface area contributed by atoms with E-state index in [-0.39, 0.29) is 55.1 Å². The van der Waals surface area contributed by atoms with Crippen molar-refractivity contribution in [3.63, 3.8) is 0 Å². The zero-order chi connectivity index (χ0) is 18.1. The van der Waals surface area contributed by atoms with Gasteiger partial charge in [0.25, 0.3) is 5.91 Å². The van der Waals surface area contributed by atoms with E-state index in [2.05, 4.69) is 23.3 Å². The molecule has 0 unspecified atom stereocenters. The molecule has 2 N–H and O–H groups in total. The molecule has 0 aromatic heterocycles. The number of nitrogens with zero attached hydrogens (tertiary/aromatic N) is 2. The predicted molar refractivity (Wildman–Crippen MR) is 84.8 cm³/mol. The van der Waals surface area contributed by atoms with Crippen LogP contribution in [-0.4, -0.2) is 52.6 Å². The third-order valence-corrected chi connectivity index (χ3v) is 4.96. The van der Waals surface area contributed by atoms with Gasteiger partial charge in [0.05, 0.1) is 19.0 Å². The average molecular weight is 394 g/mol. The molecule has 2 amide bonds. The Morgan fingerprint density at radius 3 is 1.71 bits per heavy atom. The molecule has 2 aliphatic rings. The van der Waals surface area contributed by atoms with E-state index in [0.29, 0.717) is 6.42 Å². The van der Waals surface area contributed by atoms with Gasteiger partial charge in [0.15, 0.2) is 10.2 Å². The van der Waals surface area contributed by atoms with Crippen LogP contribution < -0.4 is 39.0 Å². The van der Waals surface area contributed by atoms with Crippen LogP contribution in [0.3, 0.4) is 0 Å². The summed E-state index contributed by atoms with van der Waals surface area (Å²) in [5, 5.41) is 0. The smallest absolute Gasteiger partial charge is 0.532 e. The molecular weight excluding hydrogens is 371 g/mol. The molecule has 0 spiro atoms. The van der Waals surface area contributed by atoms with Crippen molar-refractivity contribution in [1.82, 2.24) is 13.7 Å². The van der Waals surface area contributed by atoms with E-state index in [1.54, 1.807) is 0 Å². The van der Waals surface area contributed by atoms with Gasteiger partial charge in [-0.05, 0) is 6.42 Å². The fourth-order valence-electron chi connectivity index (χ4n) is 1.25. The van der Waals surface area contributed by atoms with Gasteiger partial charge in [-0.15, -0.1) is 0 Å². The van der Waals surface area contributed by atoms with E-state index < -0.39 is 26.3 Å². The van der Waals surface area contributed by atoms with E-state index >= 15 is 0 Å². The predicted octanol–water partition coefficient (Wildman–Crippen LogP) is -3.38. The van der Waals surface area contributed by atoms with Crippen LogP contribution in [0.5, 0.6) is 0 Å². The maximum Gasteiger partial charge on any atom is 1.00 e. The van der Waals surface area contributed by atoms with Gasteiger partial charge in [0.2, 0.25) is 0 Å². The van der Waals surface area contributed by atoms with Gasteiger partial charge in [-0.25, -0.2) is 17.4 Å². The van der Waals surface area contributed by atoms with Gasteiger partial charge in [-0.2, -0.15) is 13.1 Å².